The number of anilines is 1. The van der Waals surface area contributed by atoms with Crippen LogP contribution >= 0.6 is 11.6 Å². The molecule has 0 aliphatic rings. The van der Waals surface area contributed by atoms with Crippen LogP contribution in [-0.4, -0.2) is 20.6 Å². The maximum Gasteiger partial charge on any atom is 0.294 e. The highest BCUT2D eigenvalue weighted by Crippen LogP contribution is 2.28. The first-order valence-corrected chi connectivity index (χ1v) is 6.02. The second kappa shape index (κ2) is 5.30. The Morgan fingerprint density at radius 2 is 2.15 bits per heavy atom. The molecule has 7 nitrogen and oxygen atoms in total. The number of aromatic nitrogens is 2. The van der Waals surface area contributed by atoms with Gasteiger partial charge in [-0.3, -0.25) is 19.6 Å². The predicted octanol–water partition coefficient (Wildman–Crippen LogP) is 2.54. The zero-order valence-electron chi connectivity index (χ0n) is 10.8. The van der Waals surface area contributed by atoms with Crippen LogP contribution in [0.15, 0.2) is 24.3 Å². The van der Waals surface area contributed by atoms with Crippen LogP contribution in [0.3, 0.4) is 0 Å². The molecule has 0 bridgehead atoms. The molecule has 0 saturated carbocycles. The lowest BCUT2D eigenvalue weighted by Crippen LogP contribution is -2.16. The minimum absolute atomic E-state index is 0.0863. The van der Waals surface area contributed by atoms with Gasteiger partial charge >= 0.3 is 0 Å². The topological polar surface area (TPSA) is 90.1 Å². The molecule has 0 spiro atoms. The molecular formula is C12H11ClN4O3. The molecule has 0 aliphatic carbocycles. The number of nitro benzene ring substituents is 1. The van der Waals surface area contributed by atoms with Gasteiger partial charge in [-0.25, -0.2) is 0 Å². The first-order valence-electron chi connectivity index (χ1n) is 5.64. The van der Waals surface area contributed by atoms with Gasteiger partial charge in [-0.15, -0.1) is 0 Å². The SMILES string of the molecule is Cc1cc(C(=O)Nc2ccc(Cl)cc2[N+](=O)[O-])n(C)n1. The van der Waals surface area contributed by atoms with E-state index in [0.717, 1.165) is 0 Å². The van der Waals surface area contributed by atoms with E-state index in [0.29, 0.717) is 11.4 Å². The summed E-state index contributed by atoms with van der Waals surface area (Å²) >= 11 is 5.71. The van der Waals surface area contributed by atoms with E-state index in [4.69, 9.17) is 11.6 Å². The van der Waals surface area contributed by atoms with Crippen LogP contribution in [-0.2, 0) is 7.05 Å². The van der Waals surface area contributed by atoms with Crippen molar-refractivity contribution in [3.05, 3.63) is 50.8 Å². The summed E-state index contributed by atoms with van der Waals surface area (Å²) in [5.41, 5.74) is 0.822. The molecule has 0 unspecified atom stereocenters. The van der Waals surface area contributed by atoms with Crippen molar-refractivity contribution in [1.82, 2.24) is 9.78 Å². The average Bonchev–Trinajstić information content (AvgIpc) is 2.70. The van der Waals surface area contributed by atoms with Gasteiger partial charge in [0.2, 0.25) is 0 Å². The fourth-order valence-corrected chi connectivity index (χ4v) is 1.94. The standard InChI is InChI=1S/C12H11ClN4O3/c1-7-5-11(16(2)15-7)12(18)14-9-4-3-8(13)6-10(9)17(19)20/h3-6H,1-2H3,(H,14,18). The summed E-state index contributed by atoms with van der Waals surface area (Å²) in [7, 11) is 1.62. The summed E-state index contributed by atoms with van der Waals surface area (Å²) < 4.78 is 1.41. The molecule has 1 aromatic heterocycles. The highest BCUT2D eigenvalue weighted by atomic mass is 35.5. The van der Waals surface area contributed by atoms with Crippen molar-refractivity contribution in [1.29, 1.82) is 0 Å². The number of carbonyl (C=O) groups is 1. The molecule has 20 heavy (non-hydrogen) atoms. The van der Waals surface area contributed by atoms with Crippen LogP contribution in [0.1, 0.15) is 16.2 Å². The number of rotatable bonds is 3. The summed E-state index contributed by atoms with van der Waals surface area (Å²) in [5, 5.41) is 17.7. The van der Waals surface area contributed by atoms with Crippen LogP contribution in [0.25, 0.3) is 0 Å². The average molecular weight is 295 g/mol. The van der Waals surface area contributed by atoms with Crippen molar-refractivity contribution in [3.8, 4) is 0 Å². The van der Waals surface area contributed by atoms with Crippen molar-refractivity contribution in [2.45, 2.75) is 6.92 Å². The maximum absolute atomic E-state index is 12.1. The molecular weight excluding hydrogens is 284 g/mol. The molecule has 1 N–H and O–H groups in total. The van der Waals surface area contributed by atoms with Gasteiger partial charge in [-0.2, -0.15) is 5.10 Å². The number of benzene rings is 1. The minimum Gasteiger partial charge on any atom is -0.315 e. The second-order valence-corrected chi connectivity index (χ2v) is 4.60. The Morgan fingerprint density at radius 1 is 1.45 bits per heavy atom. The monoisotopic (exact) mass is 294 g/mol. The molecule has 0 fully saturated rings. The fraction of sp³-hybridized carbons (Fsp3) is 0.167. The van der Waals surface area contributed by atoms with Crippen LogP contribution in [0, 0.1) is 17.0 Å². The number of nitrogens with one attached hydrogen (secondary N) is 1. The number of nitrogens with zero attached hydrogens (tertiary/aromatic N) is 3. The first kappa shape index (κ1) is 14.0. The number of carbonyl (C=O) groups excluding carboxylic acids is 1. The smallest absolute Gasteiger partial charge is 0.294 e. The molecule has 2 aromatic rings. The highest BCUT2D eigenvalue weighted by Gasteiger charge is 2.19. The summed E-state index contributed by atoms with van der Waals surface area (Å²) in [6.07, 6.45) is 0. The van der Waals surface area contributed by atoms with Crippen LogP contribution in [0.2, 0.25) is 5.02 Å². The Morgan fingerprint density at radius 3 is 2.70 bits per heavy atom. The van der Waals surface area contributed by atoms with Gasteiger partial charge in [0, 0.05) is 18.1 Å². The summed E-state index contributed by atoms with van der Waals surface area (Å²) in [5.74, 6) is -0.474. The van der Waals surface area contributed by atoms with Gasteiger partial charge in [-0.1, -0.05) is 11.6 Å². The Bertz CT molecular complexity index is 696. The summed E-state index contributed by atoms with van der Waals surface area (Å²) in [4.78, 5) is 22.4. The normalized spacial score (nSPS) is 10.3. The largest absolute Gasteiger partial charge is 0.315 e. The molecule has 1 amide bonds. The van der Waals surface area contributed by atoms with Crippen molar-refractivity contribution >= 4 is 28.9 Å². The Hall–Kier alpha value is -2.41. The van der Waals surface area contributed by atoms with Crippen molar-refractivity contribution in [3.63, 3.8) is 0 Å². The zero-order valence-corrected chi connectivity index (χ0v) is 11.5. The van der Waals surface area contributed by atoms with E-state index in [2.05, 4.69) is 10.4 Å². The molecule has 0 aliphatic heterocycles. The van der Waals surface area contributed by atoms with Crippen LogP contribution < -0.4 is 5.32 Å². The molecule has 2 rings (SSSR count). The first-order chi connectivity index (χ1) is 9.38. The van der Waals surface area contributed by atoms with Gasteiger partial charge in [0.25, 0.3) is 11.6 Å². The maximum atomic E-state index is 12.1. The Balaban J connectivity index is 2.33. The third-order valence-electron chi connectivity index (χ3n) is 2.64. The molecule has 1 aromatic carbocycles. The third-order valence-corrected chi connectivity index (χ3v) is 2.87. The van der Waals surface area contributed by atoms with E-state index >= 15 is 0 Å². The van der Waals surface area contributed by atoms with E-state index < -0.39 is 10.8 Å². The summed E-state index contributed by atoms with van der Waals surface area (Å²) in [6.45, 7) is 1.75. The number of hydrogen-bond donors (Lipinski definition) is 1. The number of halogens is 1. The van der Waals surface area contributed by atoms with E-state index in [9.17, 15) is 14.9 Å². The highest BCUT2D eigenvalue weighted by molar-refractivity contribution is 6.31. The molecule has 0 radical (unpaired) electrons. The minimum atomic E-state index is -0.601. The number of hydrogen-bond acceptors (Lipinski definition) is 4. The van der Waals surface area contributed by atoms with Crippen LogP contribution in [0.5, 0.6) is 0 Å². The van der Waals surface area contributed by atoms with Gasteiger partial charge in [0.1, 0.15) is 11.4 Å². The molecule has 8 heteroatoms. The van der Waals surface area contributed by atoms with Gasteiger partial charge in [0.05, 0.1) is 10.6 Å². The second-order valence-electron chi connectivity index (χ2n) is 4.17. The summed E-state index contributed by atoms with van der Waals surface area (Å²) in [6, 6.07) is 5.64. The van der Waals surface area contributed by atoms with Crippen molar-refractivity contribution in [2.75, 3.05) is 5.32 Å². The van der Waals surface area contributed by atoms with Crippen molar-refractivity contribution < 1.29 is 9.72 Å². The van der Waals surface area contributed by atoms with Gasteiger partial charge in [-0.05, 0) is 25.1 Å². The Kier molecular flexibility index (Phi) is 3.71. The zero-order chi connectivity index (χ0) is 14.9. The number of nitro groups is 1. The molecule has 0 atom stereocenters. The van der Waals surface area contributed by atoms with Crippen molar-refractivity contribution in [2.24, 2.45) is 7.05 Å². The lowest BCUT2D eigenvalue weighted by atomic mass is 10.2. The molecule has 0 saturated heterocycles. The number of amides is 1. The lowest BCUT2D eigenvalue weighted by Gasteiger charge is -2.06. The van der Waals surface area contributed by atoms with E-state index in [1.807, 2.05) is 0 Å². The number of aryl methyl sites for hydroxylation is 2. The predicted molar refractivity (Wildman–Crippen MR) is 74.0 cm³/mol. The lowest BCUT2D eigenvalue weighted by molar-refractivity contribution is -0.383. The Labute approximate surface area is 119 Å². The van der Waals surface area contributed by atoms with E-state index in [-0.39, 0.29) is 16.4 Å². The quantitative estimate of drug-likeness (QED) is 0.695. The van der Waals surface area contributed by atoms with Crippen LogP contribution in [0.4, 0.5) is 11.4 Å². The van der Waals surface area contributed by atoms with E-state index in [1.165, 1.54) is 22.9 Å². The third kappa shape index (κ3) is 2.77. The van der Waals surface area contributed by atoms with Gasteiger partial charge in [0.15, 0.2) is 0 Å². The fourth-order valence-electron chi connectivity index (χ4n) is 1.77. The van der Waals surface area contributed by atoms with Gasteiger partial charge < -0.3 is 5.32 Å². The van der Waals surface area contributed by atoms with E-state index in [1.54, 1.807) is 20.0 Å². The molecule has 1 heterocycles. The molecule has 104 valence electrons.